The molecular weight excluding hydrogens is 402 g/mol. The highest BCUT2D eigenvalue weighted by atomic mass is 16.7. The van der Waals surface area contributed by atoms with Gasteiger partial charge in [0.05, 0.1) is 12.7 Å². The standard InChI is InChI=1S/C27H37NO4/c1-23(2,3)24(4)18-14-25-9-10-27(18,31-15-30-24)22-26(25)11-12-28(5)19(25)13-16-7-8-17(29-6)21(32-22)20(16)26/h7-8,18-19,22H,9-15H2,1-6H3/t18-,19-,22-,24+,25-,26+,27-/m1/s1. The maximum atomic E-state index is 7.11. The Morgan fingerprint density at radius 3 is 2.69 bits per heavy atom. The predicted molar refractivity (Wildman–Crippen MR) is 121 cm³/mol. The van der Waals surface area contributed by atoms with Crippen molar-refractivity contribution in [1.82, 2.24) is 4.90 Å². The van der Waals surface area contributed by atoms with Gasteiger partial charge >= 0.3 is 0 Å². The molecule has 3 heterocycles. The average molecular weight is 440 g/mol. The number of rotatable bonds is 1. The number of likely N-dealkylation sites (N-methyl/N-ethyl adjacent to an activating group) is 1. The van der Waals surface area contributed by atoms with E-state index < -0.39 is 0 Å². The van der Waals surface area contributed by atoms with Gasteiger partial charge in [0.1, 0.15) is 18.5 Å². The topological polar surface area (TPSA) is 40.2 Å². The molecule has 7 atom stereocenters. The van der Waals surface area contributed by atoms with Crippen LogP contribution >= 0.6 is 0 Å². The van der Waals surface area contributed by atoms with Gasteiger partial charge in [-0.25, -0.2) is 0 Å². The predicted octanol–water partition coefficient (Wildman–Crippen LogP) is 4.30. The molecule has 0 radical (unpaired) electrons. The summed E-state index contributed by atoms with van der Waals surface area (Å²) in [5.41, 5.74) is 2.61. The highest BCUT2D eigenvalue weighted by Gasteiger charge is 2.83. The Balaban J connectivity index is 1.52. The third-order valence-corrected chi connectivity index (χ3v) is 11.3. The number of piperidine rings is 1. The van der Waals surface area contributed by atoms with Gasteiger partial charge in [0, 0.05) is 28.4 Å². The molecule has 5 fully saturated rings. The molecule has 4 bridgehead atoms. The summed E-state index contributed by atoms with van der Waals surface area (Å²) in [5.74, 6) is 2.21. The maximum Gasteiger partial charge on any atom is 0.165 e. The molecule has 5 heteroatoms. The Hall–Kier alpha value is -1.30. The lowest BCUT2D eigenvalue weighted by atomic mass is 9.33. The van der Waals surface area contributed by atoms with Crippen LogP contribution in [0.1, 0.15) is 64.5 Å². The Bertz CT molecular complexity index is 1020. The van der Waals surface area contributed by atoms with Crippen LogP contribution in [0.2, 0.25) is 0 Å². The molecule has 0 unspecified atom stereocenters. The van der Waals surface area contributed by atoms with Crippen molar-refractivity contribution < 1.29 is 18.9 Å². The average Bonchev–Trinajstić information content (AvgIpc) is 3.12. The Kier molecular flexibility index (Phi) is 3.56. The molecule has 32 heavy (non-hydrogen) atoms. The van der Waals surface area contributed by atoms with Gasteiger partial charge in [-0.15, -0.1) is 0 Å². The number of hydrogen-bond acceptors (Lipinski definition) is 5. The van der Waals surface area contributed by atoms with Gasteiger partial charge in [0.25, 0.3) is 0 Å². The fourth-order valence-electron chi connectivity index (χ4n) is 9.47. The summed E-state index contributed by atoms with van der Waals surface area (Å²) in [6.07, 6.45) is 5.72. The van der Waals surface area contributed by atoms with Crippen LogP contribution < -0.4 is 9.47 Å². The molecule has 0 amide bonds. The molecule has 1 aromatic rings. The zero-order chi connectivity index (χ0) is 22.3. The van der Waals surface area contributed by atoms with E-state index in [4.69, 9.17) is 18.9 Å². The van der Waals surface area contributed by atoms with Crippen molar-refractivity contribution in [3.05, 3.63) is 23.3 Å². The van der Waals surface area contributed by atoms with Crippen molar-refractivity contribution in [1.29, 1.82) is 0 Å². The lowest BCUT2D eigenvalue weighted by Crippen LogP contribution is -2.84. The smallest absolute Gasteiger partial charge is 0.165 e. The van der Waals surface area contributed by atoms with Gasteiger partial charge in [-0.1, -0.05) is 26.8 Å². The molecule has 3 spiro atoms. The third-order valence-electron chi connectivity index (χ3n) is 11.3. The van der Waals surface area contributed by atoms with Crippen LogP contribution in [-0.4, -0.2) is 55.7 Å². The van der Waals surface area contributed by atoms with E-state index in [1.807, 2.05) is 0 Å². The number of fused-ring (bicyclic) bond motifs is 1. The SMILES string of the molecule is COc1ccc2c3c1O[C@H]1[C@@]45CC[C@@]6(C[C@@H]4[C@@](C)(C(C)(C)C)OCO5)[C@@H](C2)N(C)CC[C@]316. The normalized spacial score (nSPS) is 48.1. The van der Waals surface area contributed by atoms with Crippen LogP contribution in [-0.2, 0) is 21.3 Å². The molecule has 5 nitrogen and oxygen atoms in total. The van der Waals surface area contributed by atoms with E-state index >= 15 is 0 Å². The lowest BCUT2D eigenvalue weighted by molar-refractivity contribution is -0.389. The van der Waals surface area contributed by atoms with E-state index in [1.54, 1.807) is 7.11 Å². The van der Waals surface area contributed by atoms with Crippen molar-refractivity contribution in [3.8, 4) is 11.5 Å². The molecule has 0 aromatic heterocycles. The molecule has 1 aromatic carbocycles. The monoisotopic (exact) mass is 439 g/mol. The minimum atomic E-state index is -0.304. The summed E-state index contributed by atoms with van der Waals surface area (Å²) < 4.78 is 26.3. The summed E-state index contributed by atoms with van der Waals surface area (Å²) in [6.45, 7) is 10.8. The van der Waals surface area contributed by atoms with Gasteiger partial charge in [0.2, 0.25) is 0 Å². The summed E-state index contributed by atoms with van der Waals surface area (Å²) in [4.78, 5) is 2.66. The fourth-order valence-corrected chi connectivity index (χ4v) is 9.47. The number of methoxy groups -OCH3 is 1. The summed E-state index contributed by atoms with van der Waals surface area (Å²) >= 11 is 0. The highest BCUT2D eigenvalue weighted by Crippen LogP contribution is 2.78. The molecule has 174 valence electrons. The van der Waals surface area contributed by atoms with Crippen LogP contribution in [0.15, 0.2) is 12.1 Å². The van der Waals surface area contributed by atoms with Crippen LogP contribution in [0.4, 0.5) is 0 Å². The zero-order valence-corrected chi connectivity index (χ0v) is 20.4. The summed E-state index contributed by atoms with van der Waals surface area (Å²) in [5, 5.41) is 0. The van der Waals surface area contributed by atoms with Crippen molar-refractivity contribution >= 4 is 0 Å². The van der Waals surface area contributed by atoms with Gasteiger partial charge in [-0.05, 0) is 69.7 Å². The third kappa shape index (κ3) is 1.83. The Labute approximate surface area is 191 Å². The van der Waals surface area contributed by atoms with Crippen LogP contribution in [0.25, 0.3) is 0 Å². The molecule has 2 saturated heterocycles. The van der Waals surface area contributed by atoms with Crippen molar-refractivity contribution in [3.63, 3.8) is 0 Å². The van der Waals surface area contributed by atoms with E-state index in [2.05, 4.69) is 51.8 Å². The van der Waals surface area contributed by atoms with Gasteiger partial charge < -0.3 is 23.8 Å². The highest BCUT2D eigenvalue weighted by molar-refractivity contribution is 5.63. The van der Waals surface area contributed by atoms with E-state index in [9.17, 15) is 0 Å². The van der Waals surface area contributed by atoms with Crippen molar-refractivity contribution in [2.75, 3.05) is 27.5 Å². The van der Waals surface area contributed by atoms with Crippen LogP contribution in [0.3, 0.4) is 0 Å². The largest absolute Gasteiger partial charge is 0.493 e. The number of benzene rings is 1. The molecule has 0 N–H and O–H groups in total. The number of ether oxygens (including phenoxy) is 4. The Morgan fingerprint density at radius 2 is 1.94 bits per heavy atom. The minimum Gasteiger partial charge on any atom is -0.493 e. The zero-order valence-electron chi connectivity index (χ0n) is 20.4. The van der Waals surface area contributed by atoms with Crippen LogP contribution in [0, 0.1) is 16.7 Å². The van der Waals surface area contributed by atoms with E-state index in [0.717, 1.165) is 43.7 Å². The lowest BCUT2D eigenvalue weighted by Gasteiger charge is -2.76. The molecule has 4 aliphatic carbocycles. The number of hydrogen-bond donors (Lipinski definition) is 0. The van der Waals surface area contributed by atoms with E-state index in [-0.39, 0.29) is 33.6 Å². The molecule has 3 saturated carbocycles. The van der Waals surface area contributed by atoms with Crippen LogP contribution in [0.5, 0.6) is 11.5 Å². The quantitative estimate of drug-likeness (QED) is 0.652. The second-order valence-electron chi connectivity index (χ2n) is 12.7. The molecular formula is C27H37NO4. The molecule has 7 aliphatic rings. The molecule has 3 aliphatic heterocycles. The van der Waals surface area contributed by atoms with Gasteiger partial charge in [-0.2, -0.15) is 0 Å². The van der Waals surface area contributed by atoms with Gasteiger partial charge in [-0.3, -0.25) is 0 Å². The van der Waals surface area contributed by atoms with Crippen molar-refractivity contribution in [2.24, 2.45) is 16.7 Å². The maximum absolute atomic E-state index is 7.11. The first-order valence-corrected chi connectivity index (χ1v) is 12.5. The summed E-state index contributed by atoms with van der Waals surface area (Å²) in [6, 6.07) is 4.97. The van der Waals surface area contributed by atoms with Gasteiger partial charge in [0.15, 0.2) is 11.5 Å². The van der Waals surface area contributed by atoms with E-state index in [1.165, 1.54) is 17.5 Å². The Morgan fingerprint density at radius 1 is 1.12 bits per heavy atom. The van der Waals surface area contributed by atoms with Crippen molar-refractivity contribution in [2.45, 2.75) is 88.6 Å². The van der Waals surface area contributed by atoms with E-state index in [0.29, 0.717) is 18.8 Å². The number of nitrogens with zero attached hydrogens (tertiary/aromatic N) is 1. The molecule has 8 rings (SSSR count). The first-order valence-electron chi connectivity index (χ1n) is 12.5. The first kappa shape index (κ1) is 20.1. The second-order valence-corrected chi connectivity index (χ2v) is 12.7. The minimum absolute atomic E-state index is 0.0136. The first-order chi connectivity index (χ1) is 15.1. The summed E-state index contributed by atoms with van der Waals surface area (Å²) in [7, 11) is 4.12. The second kappa shape index (κ2) is 5.67. The number of likely N-dealkylation sites (tertiary alicyclic amines) is 1. The fraction of sp³-hybridized carbons (Fsp3) is 0.778.